The van der Waals surface area contributed by atoms with Gasteiger partial charge >= 0.3 is 5.97 Å². The molecule has 1 saturated carbocycles. The Morgan fingerprint density at radius 3 is 2.88 bits per heavy atom. The molecule has 3 rings (SSSR count). The SMILES string of the molecule is O=C(O)c1ccc2c(nnn2C2CC2)c1F. The summed E-state index contributed by atoms with van der Waals surface area (Å²) in [4.78, 5) is 10.7. The third-order valence-corrected chi connectivity index (χ3v) is 2.71. The first-order valence-electron chi connectivity index (χ1n) is 4.95. The van der Waals surface area contributed by atoms with Gasteiger partial charge in [0.25, 0.3) is 0 Å². The van der Waals surface area contributed by atoms with Crippen LogP contribution in [0, 0.1) is 5.82 Å². The number of hydrogen-bond acceptors (Lipinski definition) is 3. The lowest BCUT2D eigenvalue weighted by molar-refractivity contribution is 0.0692. The second-order valence-corrected chi connectivity index (χ2v) is 3.87. The molecule has 16 heavy (non-hydrogen) atoms. The third kappa shape index (κ3) is 1.19. The predicted molar refractivity (Wildman–Crippen MR) is 52.7 cm³/mol. The number of aromatic nitrogens is 3. The molecule has 0 bridgehead atoms. The summed E-state index contributed by atoms with van der Waals surface area (Å²) >= 11 is 0. The molecule has 1 aliphatic carbocycles. The molecule has 5 nitrogen and oxygen atoms in total. The van der Waals surface area contributed by atoms with Crippen LogP contribution in [0.2, 0.25) is 0 Å². The molecule has 0 unspecified atom stereocenters. The van der Waals surface area contributed by atoms with Crippen LogP contribution in [0.25, 0.3) is 11.0 Å². The fourth-order valence-electron chi connectivity index (χ4n) is 1.73. The van der Waals surface area contributed by atoms with Gasteiger partial charge in [-0.15, -0.1) is 5.10 Å². The van der Waals surface area contributed by atoms with Gasteiger partial charge in [0.2, 0.25) is 0 Å². The fraction of sp³-hybridized carbons (Fsp3) is 0.300. The van der Waals surface area contributed by atoms with Crippen molar-refractivity contribution >= 4 is 17.0 Å². The first-order valence-corrected chi connectivity index (χ1v) is 4.95. The molecular formula is C10H8FN3O2. The fourth-order valence-corrected chi connectivity index (χ4v) is 1.73. The minimum absolute atomic E-state index is 0.0341. The van der Waals surface area contributed by atoms with Gasteiger partial charge in [0.1, 0.15) is 5.52 Å². The normalized spacial score (nSPS) is 15.6. The van der Waals surface area contributed by atoms with Crippen molar-refractivity contribution < 1.29 is 14.3 Å². The van der Waals surface area contributed by atoms with Crippen molar-refractivity contribution in [2.45, 2.75) is 18.9 Å². The van der Waals surface area contributed by atoms with Gasteiger partial charge in [-0.2, -0.15) is 0 Å². The van der Waals surface area contributed by atoms with Crippen molar-refractivity contribution in [3.05, 3.63) is 23.5 Å². The highest BCUT2D eigenvalue weighted by Crippen LogP contribution is 2.36. The van der Waals surface area contributed by atoms with Crippen LogP contribution in [0.5, 0.6) is 0 Å². The van der Waals surface area contributed by atoms with Gasteiger partial charge in [0, 0.05) is 0 Å². The molecule has 0 aliphatic heterocycles. The van der Waals surface area contributed by atoms with E-state index in [1.54, 1.807) is 10.7 Å². The Hall–Kier alpha value is -1.98. The average molecular weight is 221 g/mol. The number of carbonyl (C=O) groups is 1. The van der Waals surface area contributed by atoms with Crippen LogP contribution in [-0.2, 0) is 0 Å². The Kier molecular flexibility index (Phi) is 1.74. The molecule has 0 amide bonds. The molecule has 0 spiro atoms. The van der Waals surface area contributed by atoms with Crippen LogP contribution in [0.15, 0.2) is 12.1 Å². The van der Waals surface area contributed by atoms with Crippen LogP contribution in [0.1, 0.15) is 29.2 Å². The Morgan fingerprint density at radius 1 is 1.50 bits per heavy atom. The molecule has 0 atom stereocenters. The van der Waals surface area contributed by atoms with E-state index in [0.717, 1.165) is 12.8 Å². The lowest BCUT2D eigenvalue weighted by Crippen LogP contribution is -2.01. The molecule has 6 heteroatoms. The minimum Gasteiger partial charge on any atom is -0.478 e. The summed E-state index contributed by atoms with van der Waals surface area (Å²) in [5, 5.41) is 16.3. The maximum atomic E-state index is 13.7. The van der Waals surface area contributed by atoms with Crippen molar-refractivity contribution in [2.24, 2.45) is 0 Å². The maximum absolute atomic E-state index is 13.7. The molecule has 1 aromatic heterocycles. The number of benzene rings is 1. The van der Waals surface area contributed by atoms with E-state index in [4.69, 9.17) is 5.11 Å². The van der Waals surface area contributed by atoms with Crippen molar-refractivity contribution in [2.75, 3.05) is 0 Å². The average Bonchev–Trinajstić information content (AvgIpc) is 2.99. The summed E-state index contributed by atoms with van der Waals surface area (Å²) in [5.41, 5.74) is 0.229. The molecule has 1 N–H and O–H groups in total. The van der Waals surface area contributed by atoms with Crippen molar-refractivity contribution in [3.8, 4) is 0 Å². The van der Waals surface area contributed by atoms with Crippen molar-refractivity contribution in [1.29, 1.82) is 0 Å². The first-order chi connectivity index (χ1) is 7.68. The van der Waals surface area contributed by atoms with Gasteiger partial charge in [0.05, 0.1) is 17.1 Å². The molecule has 0 radical (unpaired) electrons. The number of hydrogen-bond donors (Lipinski definition) is 1. The smallest absolute Gasteiger partial charge is 0.338 e. The highest BCUT2D eigenvalue weighted by Gasteiger charge is 2.28. The Bertz CT molecular complexity index is 589. The van der Waals surface area contributed by atoms with Gasteiger partial charge in [0.15, 0.2) is 5.82 Å². The van der Waals surface area contributed by atoms with Crippen LogP contribution in [0.3, 0.4) is 0 Å². The van der Waals surface area contributed by atoms with E-state index < -0.39 is 11.8 Å². The van der Waals surface area contributed by atoms with Gasteiger partial charge in [-0.3, -0.25) is 0 Å². The number of fused-ring (bicyclic) bond motifs is 1. The summed E-state index contributed by atoms with van der Waals surface area (Å²) in [6.07, 6.45) is 2.03. The second kappa shape index (κ2) is 3.01. The van der Waals surface area contributed by atoms with E-state index in [1.807, 2.05) is 0 Å². The van der Waals surface area contributed by atoms with Gasteiger partial charge < -0.3 is 5.11 Å². The van der Waals surface area contributed by atoms with E-state index in [9.17, 15) is 9.18 Å². The zero-order valence-corrected chi connectivity index (χ0v) is 8.22. The summed E-state index contributed by atoms with van der Waals surface area (Å²) in [6.45, 7) is 0. The van der Waals surface area contributed by atoms with E-state index in [1.165, 1.54) is 6.07 Å². The molecule has 1 fully saturated rings. The zero-order valence-electron chi connectivity index (χ0n) is 8.22. The minimum atomic E-state index is -1.29. The maximum Gasteiger partial charge on any atom is 0.338 e. The zero-order chi connectivity index (χ0) is 11.3. The first kappa shape index (κ1) is 9.26. The summed E-state index contributed by atoms with van der Waals surface area (Å²) in [6, 6.07) is 3.10. The van der Waals surface area contributed by atoms with Crippen LogP contribution >= 0.6 is 0 Å². The Morgan fingerprint density at radius 2 is 2.25 bits per heavy atom. The number of nitrogens with zero attached hydrogens (tertiary/aromatic N) is 3. The molecule has 1 heterocycles. The molecular weight excluding hydrogens is 213 g/mol. The number of aromatic carboxylic acids is 1. The Balaban J connectivity index is 2.25. The molecule has 1 aliphatic rings. The van der Waals surface area contributed by atoms with Crippen LogP contribution < -0.4 is 0 Å². The lowest BCUT2D eigenvalue weighted by Gasteiger charge is -2.00. The van der Waals surface area contributed by atoms with Gasteiger partial charge in [-0.05, 0) is 25.0 Å². The van der Waals surface area contributed by atoms with Crippen molar-refractivity contribution in [1.82, 2.24) is 15.0 Å². The van der Waals surface area contributed by atoms with Crippen LogP contribution in [0.4, 0.5) is 4.39 Å². The molecule has 0 saturated heterocycles. The van der Waals surface area contributed by atoms with Crippen LogP contribution in [-0.4, -0.2) is 26.1 Å². The van der Waals surface area contributed by atoms with E-state index in [0.29, 0.717) is 11.6 Å². The molecule has 82 valence electrons. The van der Waals surface area contributed by atoms with Gasteiger partial charge in [-0.1, -0.05) is 5.21 Å². The summed E-state index contributed by atoms with van der Waals surface area (Å²) < 4.78 is 15.4. The van der Waals surface area contributed by atoms with E-state index >= 15 is 0 Å². The molecule has 1 aromatic carbocycles. The number of carboxylic acid groups (broad SMARTS) is 1. The predicted octanol–water partition coefficient (Wildman–Crippen LogP) is 1.60. The largest absolute Gasteiger partial charge is 0.478 e. The molecule has 2 aromatic rings. The topological polar surface area (TPSA) is 68.0 Å². The standard InChI is InChI=1S/C10H8FN3O2/c11-8-6(10(15)16)3-4-7-9(8)12-13-14(7)5-1-2-5/h3-5H,1-2H2,(H,15,16). The van der Waals surface area contributed by atoms with E-state index in [-0.39, 0.29) is 11.1 Å². The number of rotatable bonds is 2. The number of carboxylic acids is 1. The highest BCUT2D eigenvalue weighted by molar-refractivity contribution is 5.92. The van der Waals surface area contributed by atoms with Crippen molar-refractivity contribution in [3.63, 3.8) is 0 Å². The highest BCUT2D eigenvalue weighted by atomic mass is 19.1. The Labute approximate surface area is 89.5 Å². The third-order valence-electron chi connectivity index (χ3n) is 2.71. The summed E-state index contributed by atoms with van der Waals surface area (Å²) in [7, 11) is 0. The van der Waals surface area contributed by atoms with Gasteiger partial charge in [-0.25, -0.2) is 13.9 Å². The second-order valence-electron chi connectivity index (χ2n) is 3.87. The monoisotopic (exact) mass is 221 g/mol. The summed E-state index contributed by atoms with van der Waals surface area (Å²) in [5.74, 6) is -2.10. The lowest BCUT2D eigenvalue weighted by atomic mass is 10.2. The quantitative estimate of drug-likeness (QED) is 0.836. The number of halogens is 1. The van der Waals surface area contributed by atoms with E-state index in [2.05, 4.69) is 10.3 Å².